The number of benzene rings is 9. The van der Waals surface area contributed by atoms with E-state index in [1.165, 1.54) is 110 Å². The van der Waals surface area contributed by atoms with Gasteiger partial charge in [0.2, 0.25) is 23.5 Å². The highest BCUT2D eigenvalue weighted by molar-refractivity contribution is 6.45. The molecule has 6 aliphatic rings. The zero-order chi connectivity index (χ0) is 88.6. The van der Waals surface area contributed by atoms with Crippen molar-refractivity contribution in [1.29, 1.82) is 0 Å². The molecule has 9 aromatic carbocycles. The lowest BCUT2D eigenvalue weighted by atomic mass is 9.80. The van der Waals surface area contributed by atoms with Gasteiger partial charge in [-0.2, -0.15) is 0 Å². The molecule has 0 bridgehead atoms. The highest BCUT2D eigenvalue weighted by atomic mass is 16.6. The molecule has 6 aliphatic heterocycles. The summed E-state index contributed by atoms with van der Waals surface area (Å²) in [5.74, 6) is -3.89. The van der Waals surface area contributed by atoms with E-state index < -0.39 is 47.7 Å². The number of fused-ring (bicyclic) bond motifs is 2. The third-order valence-corrected chi connectivity index (χ3v) is 23.0. The summed E-state index contributed by atoms with van der Waals surface area (Å²) in [7, 11) is 0. The highest BCUT2D eigenvalue weighted by Crippen LogP contribution is 2.59. The van der Waals surface area contributed by atoms with Gasteiger partial charge in [-0.05, 0) is 216 Å². The van der Waals surface area contributed by atoms with Crippen molar-refractivity contribution in [3.63, 3.8) is 0 Å². The van der Waals surface area contributed by atoms with E-state index in [0.717, 1.165) is 32.1 Å². The van der Waals surface area contributed by atoms with Gasteiger partial charge in [0.15, 0.2) is 12.1 Å². The van der Waals surface area contributed by atoms with Crippen LogP contribution in [0.4, 0.5) is 0 Å². The Morgan fingerprint density at radius 3 is 0.780 bits per heavy atom. The molecule has 23 rings (SSSR count). The molecule has 0 N–H and O–H groups in total. The predicted molar refractivity (Wildman–Crippen MR) is 468 cm³/mol. The van der Waals surface area contributed by atoms with Crippen LogP contribution in [0, 0.1) is 0 Å². The Hall–Kier alpha value is -16.8. The third-order valence-electron chi connectivity index (χ3n) is 23.0. The number of imide groups is 2. The van der Waals surface area contributed by atoms with Crippen molar-refractivity contribution in [2.45, 2.75) is 62.2 Å². The fourth-order valence-electron chi connectivity index (χ4n) is 16.7. The van der Waals surface area contributed by atoms with Crippen molar-refractivity contribution in [1.82, 2.24) is 39.7 Å². The van der Waals surface area contributed by atoms with E-state index in [2.05, 4.69) is 29.9 Å². The van der Waals surface area contributed by atoms with Crippen LogP contribution >= 0.6 is 0 Å². The van der Waals surface area contributed by atoms with Gasteiger partial charge < -0.3 is 75.2 Å². The minimum Gasteiger partial charge on any atom is -0.466 e. The van der Waals surface area contributed by atoms with E-state index in [0.29, 0.717) is 98.6 Å². The summed E-state index contributed by atoms with van der Waals surface area (Å²) in [6.45, 7) is 2.59. The molecule has 132 heavy (non-hydrogen) atoms. The lowest BCUT2D eigenvalue weighted by molar-refractivity contribution is -0.140. The number of furan rings is 2. The van der Waals surface area contributed by atoms with E-state index in [1.54, 1.807) is 122 Å². The maximum atomic E-state index is 16.8. The Morgan fingerprint density at radius 2 is 0.545 bits per heavy atom. The molecular weight excluding hydrogens is 1690 g/mol. The molecule has 0 saturated carbocycles. The minimum atomic E-state index is -1.93. The number of carbonyl (C=O) groups is 6. The van der Waals surface area contributed by atoms with Gasteiger partial charge in [-0.1, -0.05) is 0 Å². The molecule has 17 aromatic rings. The number of pyridine rings is 6. The van der Waals surface area contributed by atoms with Gasteiger partial charge in [0, 0.05) is 143 Å². The normalized spacial score (nSPS) is 16.7. The van der Waals surface area contributed by atoms with Crippen molar-refractivity contribution < 1.29 is 104 Å². The van der Waals surface area contributed by atoms with Crippen LogP contribution in [0.15, 0.2) is 289 Å². The number of epoxide rings is 4. The summed E-state index contributed by atoms with van der Waals surface area (Å²) < 4.78 is 101. The van der Waals surface area contributed by atoms with Crippen LogP contribution in [-0.4, -0.2) is 126 Å². The number of hydrogen-bond acceptors (Lipinski definition) is 28. The predicted octanol–water partition coefficient (Wildman–Crippen LogP) is 19.3. The number of aromatic nitrogens is 6. The number of ether oxygens (including phenoxy) is 14. The molecule has 30 nitrogen and oxygen atoms in total. The average Bonchev–Trinajstić information content (AvgIpc) is 1.04. The monoisotopic (exact) mass is 1760 g/mol. The highest BCUT2D eigenvalue weighted by Gasteiger charge is 2.49. The quantitative estimate of drug-likeness (QED) is 0.0124. The summed E-state index contributed by atoms with van der Waals surface area (Å²) in [6.07, 6.45) is 17.8. The Balaban J connectivity index is 0.782. The maximum absolute atomic E-state index is 16.8. The van der Waals surface area contributed by atoms with Crippen molar-refractivity contribution in [3.05, 3.63) is 337 Å². The number of carbonyl (C=O) groups excluding carboxylic acids is 6. The second-order valence-electron chi connectivity index (χ2n) is 32.0. The molecule has 0 radical (unpaired) electrons. The summed E-state index contributed by atoms with van der Waals surface area (Å²) >= 11 is 0. The van der Waals surface area contributed by atoms with Gasteiger partial charge in [0.05, 0.1) is 85.6 Å². The van der Waals surface area contributed by atoms with Gasteiger partial charge >= 0.3 is 11.9 Å². The number of amides is 4. The number of rotatable bonds is 32. The van der Waals surface area contributed by atoms with Crippen molar-refractivity contribution in [3.8, 4) is 104 Å². The first-order valence-corrected chi connectivity index (χ1v) is 42.3. The first-order valence-electron chi connectivity index (χ1n) is 42.3. The van der Waals surface area contributed by atoms with Crippen LogP contribution in [-0.2, 0) is 54.2 Å². The van der Waals surface area contributed by atoms with Crippen molar-refractivity contribution >= 4 is 78.7 Å². The fourth-order valence-corrected chi connectivity index (χ4v) is 16.7. The molecule has 0 aliphatic carbocycles. The molecule has 8 aromatic heterocycles. The smallest absolute Gasteiger partial charge is 0.342 e. The lowest BCUT2D eigenvalue weighted by Gasteiger charge is -2.34. The van der Waals surface area contributed by atoms with Crippen LogP contribution in [0.1, 0.15) is 87.3 Å². The van der Waals surface area contributed by atoms with Crippen LogP contribution in [0.5, 0.6) is 104 Å². The molecule has 648 valence electrons. The molecule has 0 spiro atoms. The van der Waals surface area contributed by atoms with Gasteiger partial charge in [-0.3, -0.25) is 38.9 Å². The van der Waals surface area contributed by atoms with Crippen molar-refractivity contribution in [2.75, 3.05) is 26.4 Å². The second-order valence-corrected chi connectivity index (χ2v) is 32.0. The molecule has 30 heteroatoms. The minimum absolute atomic E-state index is 0.0129. The van der Waals surface area contributed by atoms with E-state index in [4.69, 9.17) is 75.2 Å². The third kappa shape index (κ3) is 16.1. The zero-order valence-corrected chi connectivity index (χ0v) is 69.2. The summed E-state index contributed by atoms with van der Waals surface area (Å²) in [6, 6.07) is 54.8. The first-order chi connectivity index (χ1) is 64.8. The van der Waals surface area contributed by atoms with Gasteiger partial charge in [-0.15, -0.1) is 0 Å². The molecule has 4 saturated heterocycles. The second kappa shape index (κ2) is 33.4. The number of nitrogens with zero attached hydrogens (tertiary/aromatic N) is 8. The Labute approximate surface area is 747 Å². The van der Waals surface area contributed by atoms with Gasteiger partial charge in [-0.25, -0.2) is 29.5 Å². The Morgan fingerprint density at radius 1 is 0.295 bits per heavy atom. The standard InChI is InChI=1S/C102H68N8O22/c111-97-73-47-79(123-59-5-13-63(14-6-59)127-83-43-55(21-33-105-83)39-69-51-119-69)89-91-81(125-61-9-17-65(18-10-61)129-85-45-57(23-35-107-85)41-71-53-121-71)49-75-88-76(100(114)110(99(75)113)96(78-4-2-38-118-78)102(116)132-68-27-31-104-32-28-68)50-82(126-62-11-19-66(20-12-62)130-86-46-58(24-36-108-86)42-72-54-122-72)92(94(88)91)90-80(124-60-7-15-64(16-8-60)128-84-44-56(22-34-106-84)40-70-52-120-70)48-74(87(73)93(89)90)98(112)109(97)95(77-3-1-37-117-77)101(115)131-67-25-29-103-30-26-67/h1-38,43-50,69-72,95-96H,39-42,51-54H2. The summed E-state index contributed by atoms with van der Waals surface area (Å²) in [5.41, 5.74) is 2.98. The number of hydrogen-bond donors (Lipinski definition) is 0. The Kier molecular flexibility index (Phi) is 20.2. The van der Waals surface area contributed by atoms with E-state index in [1.807, 2.05) is 48.5 Å². The topological polar surface area (TPSA) is 355 Å². The van der Waals surface area contributed by atoms with E-state index >= 15 is 28.8 Å². The molecule has 14 heterocycles. The SMILES string of the molecule is O=C(Oc1ccncc1)C(c1ccco1)N1C(=O)c2cc(Oc3ccc(Oc4cc(CC5CO5)ccn4)cc3)c3c4c(Oc5ccc(Oc6cc(CC7CO7)ccn6)cc5)cc5c6c(cc(Oc7ccc(Oc8cc(CC9CO9)ccn8)cc7)c(c7c(Oc8ccc(Oc9cc(CC%10CO%10)ccn9)cc8)cc(c2c37)C1=O)c64)C(=O)N(C(C(=O)Oc1ccncc1)c1ccco1)C5=O. The fraction of sp³-hybridized carbons (Fsp3) is 0.137. The zero-order valence-electron chi connectivity index (χ0n) is 69.2. The molecule has 6 unspecified atom stereocenters. The van der Waals surface area contributed by atoms with Crippen LogP contribution in [0.2, 0.25) is 0 Å². The molecule has 4 fully saturated rings. The summed E-state index contributed by atoms with van der Waals surface area (Å²) in [5, 5.41) is 0.446. The van der Waals surface area contributed by atoms with Crippen LogP contribution in [0.3, 0.4) is 0 Å². The van der Waals surface area contributed by atoms with E-state index in [9.17, 15) is 0 Å². The van der Waals surface area contributed by atoms with Gasteiger partial charge in [0.25, 0.3) is 23.6 Å². The maximum Gasteiger partial charge on any atom is 0.342 e. The molecular formula is C102H68N8O22. The Bertz CT molecular complexity index is 6630. The lowest BCUT2D eigenvalue weighted by Crippen LogP contribution is -2.46. The van der Waals surface area contributed by atoms with Crippen molar-refractivity contribution in [2.24, 2.45) is 0 Å². The first kappa shape index (κ1) is 79.8. The molecule has 6 atom stereocenters. The number of esters is 2. The van der Waals surface area contributed by atoms with Crippen LogP contribution in [0.25, 0.3) is 43.1 Å². The molecule has 4 amide bonds. The summed E-state index contributed by atoms with van der Waals surface area (Å²) in [4.78, 5) is 126. The van der Waals surface area contributed by atoms with Gasteiger partial charge in [0.1, 0.15) is 92.0 Å². The van der Waals surface area contributed by atoms with Crippen LogP contribution < -0.4 is 47.4 Å². The largest absolute Gasteiger partial charge is 0.466 e. The average molecular weight is 1760 g/mol. The van der Waals surface area contributed by atoms with E-state index in [-0.39, 0.29) is 159 Å².